The van der Waals surface area contributed by atoms with E-state index in [2.05, 4.69) is 5.32 Å². The van der Waals surface area contributed by atoms with Crippen LogP contribution in [-0.4, -0.2) is 44.0 Å². The number of methoxy groups -OCH3 is 1. The molecule has 1 aromatic rings. The van der Waals surface area contributed by atoms with E-state index in [0.717, 1.165) is 0 Å². The predicted molar refractivity (Wildman–Crippen MR) is 67.8 cm³/mol. The van der Waals surface area contributed by atoms with Crippen molar-refractivity contribution < 1.29 is 19.4 Å². The van der Waals surface area contributed by atoms with Gasteiger partial charge in [0.1, 0.15) is 5.75 Å². The highest BCUT2D eigenvalue weighted by molar-refractivity contribution is 6.30. The third kappa shape index (κ3) is 5.35. The highest BCUT2D eigenvalue weighted by atomic mass is 35.5. The third-order valence-corrected chi connectivity index (χ3v) is 2.35. The van der Waals surface area contributed by atoms with Crippen LogP contribution in [0, 0.1) is 0 Å². The zero-order valence-electron chi connectivity index (χ0n) is 10.1. The maximum absolute atomic E-state index is 11.5. The Balaban J connectivity index is 2.36. The largest absolute Gasteiger partial charge is 0.484 e. The normalized spacial score (nSPS) is 11.9. The maximum Gasteiger partial charge on any atom is 0.258 e. The van der Waals surface area contributed by atoms with Crippen molar-refractivity contribution in [3.63, 3.8) is 0 Å². The molecule has 18 heavy (non-hydrogen) atoms. The Hall–Kier alpha value is -1.30. The molecule has 0 aliphatic rings. The molecule has 0 saturated heterocycles. The zero-order valence-corrected chi connectivity index (χ0v) is 10.8. The lowest BCUT2D eigenvalue weighted by Gasteiger charge is -2.15. The van der Waals surface area contributed by atoms with Crippen molar-refractivity contribution in [1.29, 1.82) is 0 Å². The van der Waals surface area contributed by atoms with E-state index in [0.29, 0.717) is 10.8 Å². The van der Waals surface area contributed by atoms with Crippen molar-refractivity contribution in [2.24, 2.45) is 0 Å². The van der Waals surface area contributed by atoms with Gasteiger partial charge < -0.3 is 19.9 Å². The number of nitrogens with one attached hydrogen (secondary N) is 1. The highest BCUT2D eigenvalue weighted by Gasteiger charge is 2.11. The minimum Gasteiger partial charge on any atom is -0.484 e. The fraction of sp³-hybridized carbons (Fsp3) is 0.417. The van der Waals surface area contributed by atoms with Crippen molar-refractivity contribution >= 4 is 17.5 Å². The SMILES string of the molecule is COCC(CO)NC(=O)COc1cccc(Cl)c1. The summed E-state index contributed by atoms with van der Waals surface area (Å²) in [4.78, 5) is 11.5. The van der Waals surface area contributed by atoms with Crippen LogP contribution in [-0.2, 0) is 9.53 Å². The van der Waals surface area contributed by atoms with Gasteiger partial charge in [-0.25, -0.2) is 0 Å². The summed E-state index contributed by atoms with van der Waals surface area (Å²) in [5.41, 5.74) is 0. The Bertz CT molecular complexity index is 386. The zero-order chi connectivity index (χ0) is 13.4. The molecule has 0 fully saturated rings. The molecular formula is C12H16ClNO4. The Morgan fingerprint density at radius 1 is 1.56 bits per heavy atom. The number of carbonyl (C=O) groups excluding carboxylic acids is 1. The van der Waals surface area contributed by atoms with E-state index < -0.39 is 6.04 Å². The second-order valence-corrected chi connectivity index (χ2v) is 4.08. The molecular weight excluding hydrogens is 258 g/mol. The molecule has 1 unspecified atom stereocenters. The van der Waals surface area contributed by atoms with Gasteiger partial charge in [0, 0.05) is 12.1 Å². The fourth-order valence-corrected chi connectivity index (χ4v) is 1.50. The van der Waals surface area contributed by atoms with Gasteiger partial charge in [-0.15, -0.1) is 0 Å². The molecule has 1 amide bonds. The van der Waals surface area contributed by atoms with Gasteiger partial charge in [0.2, 0.25) is 0 Å². The third-order valence-electron chi connectivity index (χ3n) is 2.12. The van der Waals surface area contributed by atoms with Crippen LogP contribution in [0.4, 0.5) is 0 Å². The van der Waals surface area contributed by atoms with Gasteiger partial charge in [-0.05, 0) is 18.2 Å². The van der Waals surface area contributed by atoms with Gasteiger partial charge in [0.15, 0.2) is 6.61 Å². The maximum atomic E-state index is 11.5. The molecule has 6 heteroatoms. The van der Waals surface area contributed by atoms with Crippen LogP contribution >= 0.6 is 11.6 Å². The van der Waals surface area contributed by atoms with Gasteiger partial charge in [-0.3, -0.25) is 4.79 Å². The molecule has 1 aromatic carbocycles. The highest BCUT2D eigenvalue weighted by Crippen LogP contribution is 2.16. The van der Waals surface area contributed by atoms with E-state index in [1.807, 2.05) is 0 Å². The standard InChI is InChI=1S/C12H16ClNO4/c1-17-7-10(6-15)14-12(16)8-18-11-4-2-3-9(13)5-11/h2-5,10,15H,6-8H2,1H3,(H,14,16). The lowest BCUT2D eigenvalue weighted by molar-refractivity contribution is -0.124. The molecule has 1 rings (SSSR count). The molecule has 5 nitrogen and oxygen atoms in total. The number of aliphatic hydroxyl groups excluding tert-OH is 1. The first-order valence-corrected chi connectivity index (χ1v) is 5.81. The first-order valence-electron chi connectivity index (χ1n) is 5.43. The summed E-state index contributed by atoms with van der Waals surface area (Å²) in [5.74, 6) is 0.191. The van der Waals surface area contributed by atoms with Crippen molar-refractivity contribution in [2.75, 3.05) is 26.9 Å². The number of benzene rings is 1. The summed E-state index contributed by atoms with van der Waals surface area (Å²) in [6, 6.07) is 6.35. The topological polar surface area (TPSA) is 67.8 Å². The smallest absolute Gasteiger partial charge is 0.258 e. The quantitative estimate of drug-likeness (QED) is 0.773. The molecule has 0 aliphatic carbocycles. The van der Waals surface area contributed by atoms with Crippen LogP contribution < -0.4 is 10.1 Å². The van der Waals surface area contributed by atoms with Gasteiger partial charge in [0.25, 0.3) is 5.91 Å². The van der Waals surface area contributed by atoms with E-state index >= 15 is 0 Å². The van der Waals surface area contributed by atoms with E-state index in [-0.39, 0.29) is 25.7 Å². The van der Waals surface area contributed by atoms with Crippen molar-refractivity contribution in [3.8, 4) is 5.75 Å². The first kappa shape index (κ1) is 14.8. The summed E-state index contributed by atoms with van der Waals surface area (Å²) in [7, 11) is 1.50. The summed E-state index contributed by atoms with van der Waals surface area (Å²) >= 11 is 5.78. The minimum atomic E-state index is -0.425. The van der Waals surface area contributed by atoms with E-state index in [1.165, 1.54) is 7.11 Å². The second-order valence-electron chi connectivity index (χ2n) is 3.65. The van der Waals surface area contributed by atoms with Gasteiger partial charge in [-0.2, -0.15) is 0 Å². The van der Waals surface area contributed by atoms with E-state index in [9.17, 15) is 4.79 Å². The molecule has 0 saturated carbocycles. The first-order chi connectivity index (χ1) is 8.65. The molecule has 0 spiro atoms. The van der Waals surface area contributed by atoms with Crippen molar-refractivity contribution in [2.45, 2.75) is 6.04 Å². The number of hydrogen-bond donors (Lipinski definition) is 2. The second kappa shape index (κ2) is 7.92. The number of ether oxygens (including phenoxy) is 2. The summed E-state index contributed by atoms with van der Waals surface area (Å²) in [5, 5.41) is 12.1. The monoisotopic (exact) mass is 273 g/mol. The molecule has 0 bridgehead atoms. The lowest BCUT2D eigenvalue weighted by atomic mass is 10.3. The minimum absolute atomic E-state index is 0.138. The predicted octanol–water partition coefficient (Wildman–Crippen LogP) is 0.842. The van der Waals surface area contributed by atoms with Crippen molar-refractivity contribution in [1.82, 2.24) is 5.32 Å². The van der Waals surface area contributed by atoms with Crippen LogP contribution in [0.25, 0.3) is 0 Å². The van der Waals surface area contributed by atoms with Crippen LogP contribution in [0.2, 0.25) is 5.02 Å². The molecule has 0 radical (unpaired) electrons. The van der Waals surface area contributed by atoms with Gasteiger partial charge >= 0.3 is 0 Å². The molecule has 1 atom stereocenters. The summed E-state index contributed by atoms with van der Waals surface area (Å²) in [6.07, 6.45) is 0. The fourth-order valence-electron chi connectivity index (χ4n) is 1.32. The molecule has 0 aliphatic heterocycles. The lowest BCUT2D eigenvalue weighted by Crippen LogP contribution is -2.42. The molecule has 2 N–H and O–H groups in total. The van der Waals surface area contributed by atoms with Gasteiger partial charge in [-0.1, -0.05) is 17.7 Å². The van der Waals surface area contributed by atoms with Crippen LogP contribution in [0.1, 0.15) is 0 Å². The van der Waals surface area contributed by atoms with E-state index in [4.69, 9.17) is 26.2 Å². The number of hydrogen-bond acceptors (Lipinski definition) is 4. The summed E-state index contributed by atoms with van der Waals surface area (Å²) in [6.45, 7) is -0.0727. The number of halogens is 1. The molecule has 100 valence electrons. The van der Waals surface area contributed by atoms with Crippen LogP contribution in [0.15, 0.2) is 24.3 Å². The molecule has 0 aromatic heterocycles. The molecule has 0 heterocycles. The number of aliphatic hydroxyl groups is 1. The average Bonchev–Trinajstić information content (AvgIpc) is 2.36. The average molecular weight is 274 g/mol. The van der Waals surface area contributed by atoms with Gasteiger partial charge in [0.05, 0.1) is 19.3 Å². The number of rotatable bonds is 7. The van der Waals surface area contributed by atoms with Crippen LogP contribution in [0.3, 0.4) is 0 Å². The van der Waals surface area contributed by atoms with Crippen LogP contribution in [0.5, 0.6) is 5.75 Å². The Labute approximate surface area is 111 Å². The number of carbonyl (C=O) groups is 1. The summed E-state index contributed by atoms with van der Waals surface area (Å²) < 4.78 is 10.1. The Kier molecular flexibility index (Phi) is 6.49. The Morgan fingerprint density at radius 2 is 2.33 bits per heavy atom. The van der Waals surface area contributed by atoms with Crippen molar-refractivity contribution in [3.05, 3.63) is 29.3 Å². The Morgan fingerprint density at radius 3 is 2.94 bits per heavy atom. The number of amides is 1. The van der Waals surface area contributed by atoms with E-state index in [1.54, 1.807) is 24.3 Å².